The average Bonchev–Trinajstić information content (AvgIpc) is 2.71. The molecule has 0 bridgehead atoms. The maximum Gasteiger partial charge on any atom is 0.407 e. The Bertz CT molecular complexity index is 304. The first-order chi connectivity index (χ1) is 6.77. The summed E-state index contributed by atoms with van der Waals surface area (Å²) in [4.78, 5) is 12.0. The first-order valence-corrected chi connectivity index (χ1v) is 4.48. The molecule has 1 aliphatic rings. The van der Waals surface area contributed by atoms with E-state index in [-0.39, 0.29) is 5.92 Å². The van der Waals surface area contributed by atoms with Crippen molar-refractivity contribution in [2.45, 2.75) is 18.8 Å². The highest BCUT2D eigenvalue weighted by Gasteiger charge is 2.25. The van der Waals surface area contributed by atoms with E-state index in [2.05, 4.69) is 20.6 Å². The van der Waals surface area contributed by atoms with Crippen molar-refractivity contribution in [3.63, 3.8) is 0 Å². The van der Waals surface area contributed by atoms with Crippen molar-refractivity contribution in [3.8, 4) is 0 Å². The predicted octanol–water partition coefficient (Wildman–Crippen LogP) is 0.0571. The fourth-order valence-electron chi connectivity index (χ4n) is 1.67. The van der Waals surface area contributed by atoms with Crippen LogP contribution in [0.15, 0.2) is 0 Å². The number of piperidine rings is 1. The number of hydrogen-bond acceptors (Lipinski definition) is 4. The number of nitrogens with zero attached hydrogens (tertiary/aromatic N) is 4. The molecular weight excluding hydrogens is 186 g/mol. The van der Waals surface area contributed by atoms with Crippen LogP contribution in [0.25, 0.3) is 0 Å². The van der Waals surface area contributed by atoms with Gasteiger partial charge < -0.3 is 10.0 Å². The summed E-state index contributed by atoms with van der Waals surface area (Å²) in [7, 11) is 0. The van der Waals surface area contributed by atoms with E-state index in [0.717, 1.165) is 12.8 Å². The molecule has 76 valence electrons. The third-order valence-corrected chi connectivity index (χ3v) is 2.49. The lowest BCUT2D eigenvalue weighted by Gasteiger charge is -2.28. The molecule has 2 N–H and O–H groups in total. The largest absolute Gasteiger partial charge is 0.465 e. The van der Waals surface area contributed by atoms with E-state index < -0.39 is 6.09 Å². The summed E-state index contributed by atoms with van der Waals surface area (Å²) in [5.41, 5.74) is 0. The number of carbonyl (C=O) groups is 1. The SMILES string of the molecule is O=C(O)N1CCC(c2nn[nH]n2)CC1. The molecule has 0 unspecified atom stereocenters. The van der Waals surface area contributed by atoms with E-state index in [0.29, 0.717) is 18.9 Å². The van der Waals surface area contributed by atoms with Gasteiger partial charge in [-0.2, -0.15) is 5.21 Å². The topological polar surface area (TPSA) is 95.0 Å². The van der Waals surface area contributed by atoms with Crippen LogP contribution in [0.3, 0.4) is 0 Å². The Morgan fingerprint density at radius 3 is 2.71 bits per heavy atom. The number of aromatic nitrogens is 4. The van der Waals surface area contributed by atoms with Crippen LogP contribution in [0, 0.1) is 0 Å². The fraction of sp³-hybridized carbons (Fsp3) is 0.714. The van der Waals surface area contributed by atoms with Gasteiger partial charge in [0.05, 0.1) is 0 Å². The molecule has 7 nitrogen and oxygen atoms in total. The molecule has 7 heteroatoms. The molecule has 1 amide bonds. The molecule has 1 aliphatic heterocycles. The third-order valence-electron chi connectivity index (χ3n) is 2.49. The van der Waals surface area contributed by atoms with E-state index in [1.165, 1.54) is 4.90 Å². The molecular formula is C7H11N5O2. The quantitative estimate of drug-likeness (QED) is 0.663. The standard InChI is InChI=1S/C7H11N5O2/c13-7(14)12-3-1-5(2-4-12)6-8-10-11-9-6/h5H,1-4H2,(H,13,14)(H,8,9,10,11). The number of aromatic amines is 1. The highest BCUT2D eigenvalue weighted by Crippen LogP contribution is 2.24. The zero-order valence-electron chi connectivity index (χ0n) is 7.55. The van der Waals surface area contributed by atoms with Crippen molar-refractivity contribution in [1.82, 2.24) is 25.5 Å². The van der Waals surface area contributed by atoms with Crippen LogP contribution < -0.4 is 0 Å². The van der Waals surface area contributed by atoms with E-state index >= 15 is 0 Å². The number of rotatable bonds is 1. The van der Waals surface area contributed by atoms with Gasteiger partial charge in [-0.1, -0.05) is 5.21 Å². The Kier molecular flexibility index (Phi) is 2.30. The molecule has 0 saturated carbocycles. The molecule has 1 fully saturated rings. The average molecular weight is 197 g/mol. The van der Waals surface area contributed by atoms with Gasteiger partial charge in [0.15, 0.2) is 5.82 Å². The van der Waals surface area contributed by atoms with Crippen molar-refractivity contribution >= 4 is 6.09 Å². The molecule has 2 heterocycles. The molecule has 0 aliphatic carbocycles. The minimum atomic E-state index is -0.850. The maximum atomic E-state index is 10.6. The highest BCUT2D eigenvalue weighted by molar-refractivity contribution is 5.65. The van der Waals surface area contributed by atoms with Crippen LogP contribution in [-0.4, -0.2) is 49.8 Å². The number of likely N-dealkylation sites (tertiary alicyclic amines) is 1. The molecule has 1 aromatic heterocycles. The van der Waals surface area contributed by atoms with Gasteiger partial charge >= 0.3 is 6.09 Å². The normalized spacial score (nSPS) is 18.4. The molecule has 0 radical (unpaired) electrons. The van der Waals surface area contributed by atoms with E-state index in [9.17, 15) is 4.79 Å². The van der Waals surface area contributed by atoms with E-state index in [1.54, 1.807) is 0 Å². The summed E-state index contributed by atoms with van der Waals surface area (Å²) >= 11 is 0. The Morgan fingerprint density at radius 2 is 2.21 bits per heavy atom. The number of carboxylic acid groups (broad SMARTS) is 1. The minimum Gasteiger partial charge on any atom is -0.465 e. The van der Waals surface area contributed by atoms with Crippen LogP contribution in [0.1, 0.15) is 24.6 Å². The summed E-state index contributed by atoms with van der Waals surface area (Å²) in [6.07, 6.45) is 0.689. The first-order valence-electron chi connectivity index (χ1n) is 4.48. The van der Waals surface area contributed by atoms with Crippen LogP contribution >= 0.6 is 0 Å². The Balaban J connectivity index is 1.93. The molecule has 0 aromatic carbocycles. The second-order valence-electron chi connectivity index (χ2n) is 3.31. The van der Waals surface area contributed by atoms with E-state index in [4.69, 9.17) is 5.11 Å². The smallest absolute Gasteiger partial charge is 0.407 e. The van der Waals surface area contributed by atoms with Gasteiger partial charge in [-0.3, -0.25) is 0 Å². The van der Waals surface area contributed by atoms with Gasteiger partial charge in [0.25, 0.3) is 0 Å². The minimum absolute atomic E-state index is 0.240. The Morgan fingerprint density at radius 1 is 1.50 bits per heavy atom. The number of nitrogens with one attached hydrogen (secondary N) is 1. The number of tetrazole rings is 1. The monoisotopic (exact) mass is 197 g/mol. The van der Waals surface area contributed by atoms with Crippen LogP contribution in [0.4, 0.5) is 4.79 Å². The molecule has 2 rings (SSSR count). The fourth-order valence-corrected chi connectivity index (χ4v) is 1.67. The third kappa shape index (κ3) is 1.66. The lowest BCUT2D eigenvalue weighted by atomic mass is 9.96. The second kappa shape index (κ2) is 3.60. The lowest BCUT2D eigenvalue weighted by molar-refractivity contribution is 0.131. The number of hydrogen-bond donors (Lipinski definition) is 2. The molecule has 0 atom stereocenters. The predicted molar refractivity (Wildman–Crippen MR) is 45.8 cm³/mol. The maximum absolute atomic E-state index is 10.6. The van der Waals surface area contributed by atoms with Crippen molar-refractivity contribution in [3.05, 3.63) is 5.82 Å². The molecule has 14 heavy (non-hydrogen) atoms. The van der Waals surface area contributed by atoms with Crippen LogP contribution in [0.2, 0.25) is 0 Å². The Labute approximate surface area is 80.1 Å². The summed E-state index contributed by atoms with van der Waals surface area (Å²) < 4.78 is 0. The second-order valence-corrected chi connectivity index (χ2v) is 3.31. The van der Waals surface area contributed by atoms with Gasteiger partial charge in [-0.25, -0.2) is 4.79 Å². The Hall–Kier alpha value is -1.66. The van der Waals surface area contributed by atoms with Crippen LogP contribution in [-0.2, 0) is 0 Å². The first kappa shape index (κ1) is 8.92. The van der Waals surface area contributed by atoms with Crippen molar-refractivity contribution < 1.29 is 9.90 Å². The summed E-state index contributed by atoms with van der Waals surface area (Å²) in [6, 6.07) is 0. The van der Waals surface area contributed by atoms with Gasteiger partial charge in [-0.05, 0) is 12.8 Å². The van der Waals surface area contributed by atoms with Gasteiger partial charge in [0.1, 0.15) is 0 Å². The van der Waals surface area contributed by atoms with Crippen molar-refractivity contribution in [2.24, 2.45) is 0 Å². The number of H-pyrrole nitrogens is 1. The zero-order chi connectivity index (χ0) is 9.97. The zero-order valence-corrected chi connectivity index (χ0v) is 7.55. The van der Waals surface area contributed by atoms with Crippen LogP contribution in [0.5, 0.6) is 0 Å². The molecule has 0 spiro atoms. The highest BCUT2D eigenvalue weighted by atomic mass is 16.4. The van der Waals surface area contributed by atoms with Gasteiger partial charge in [0.2, 0.25) is 0 Å². The van der Waals surface area contributed by atoms with Crippen molar-refractivity contribution in [1.29, 1.82) is 0 Å². The molecule has 1 aromatic rings. The summed E-state index contributed by atoms with van der Waals surface area (Å²) in [6.45, 7) is 1.10. The van der Waals surface area contributed by atoms with Crippen molar-refractivity contribution in [2.75, 3.05) is 13.1 Å². The summed E-state index contributed by atoms with van der Waals surface area (Å²) in [5, 5.41) is 22.4. The van der Waals surface area contributed by atoms with Gasteiger partial charge in [0, 0.05) is 19.0 Å². The summed E-state index contributed by atoms with van der Waals surface area (Å²) in [5.74, 6) is 0.930. The number of amides is 1. The lowest BCUT2D eigenvalue weighted by Crippen LogP contribution is -2.37. The van der Waals surface area contributed by atoms with Gasteiger partial charge in [-0.15, -0.1) is 10.2 Å². The van der Waals surface area contributed by atoms with E-state index in [1.807, 2.05) is 0 Å². The molecule has 1 saturated heterocycles.